The molecule has 0 fully saturated rings. The van der Waals surface area contributed by atoms with Gasteiger partial charge in [0.1, 0.15) is 0 Å². The van der Waals surface area contributed by atoms with Crippen molar-refractivity contribution in [3.8, 4) is 0 Å². The van der Waals surface area contributed by atoms with Gasteiger partial charge in [-0.15, -0.1) is 0 Å². The monoisotopic (exact) mass is 361 g/mol. The summed E-state index contributed by atoms with van der Waals surface area (Å²) in [5.74, 6) is 0. The number of benzene rings is 1. The molecule has 0 aliphatic rings. The van der Waals surface area contributed by atoms with E-state index in [0.29, 0.717) is 6.04 Å². The molecule has 0 saturated carbocycles. The molecule has 1 N–H and O–H groups in total. The second-order valence-corrected chi connectivity index (χ2v) is 5.70. The molecule has 0 spiro atoms. The van der Waals surface area contributed by atoms with Crippen molar-refractivity contribution < 1.29 is 4.74 Å². The first-order valence-electron chi connectivity index (χ1n) is 6.68. The van der Waals surface area contributed by atoms with Crippen molar-refractivity contribution in [3.05, 3.63) is 32.9 Å². The smallest absolute Gasteiger partial charge is 0.0462 e. The minimum atomic E-state index is 0.451. The molecule has 0 amide bonds. The lowest BCUT2D eigenvalue weighted by molar-refractivity contribution is 0.188. The maximum atomic E-state index is 5.16. The Kier molecular flexibility index (Phi) is 7.86. The van der Waals surface area contributed by atoms with E-state index in [2.05, 4.69) is 60.0 Å². The minimum absolute atomic E-state index is 0.451. The zero-order valence-corrected chi connectivity index (χ0v) is 13.8. The van der Waals surface area contributed by atoms with Crippen LogP contribution in [0.25, 0.3) is 0 Å². The predicted octanol–water partition coefficient (Wildman–Crippen LogP) is 4.07. The molecule has 2 nitrogen and oxygen atoms in total. The van der Waals surface area contributed by atoms with Crippen LogP contribution in [0.4, 0.5) is 0 Å². The van der Waals surface area contributed by atoms with Gasteiger partial charge in [0.2, 0.25) is 0 Å². The maximum absolute atomic E-state index is 5.16. The van der Waals surface area contributed by atoms with Gasteiger partial charge in [-0.3, -0.25) is 0 Å². The average Bonchev–Trinajstić information content (AvgIpc) is 2.37. The van der Waals surface area contributed by atoms with Crippen LogP contribution in [0.5, 0.6) is 0 Å². The fourth-order valence-electron chi connectivity index (χ4n) is 2.06. The van der Waals surface area contributed by atoms with E-state index in [-0.39, 0.29) is 0 Å². The van der Waals surface area contributed by atoms with Crippen molar-refractivity contribution >= 4 is 22.6 Å². The SMILES string of the molecule is CCCNC(CCCOC)c1cccc(C)c1I. The summed E-state index contributed by atoms with van der Waals surface area (Å²) in [4.78, 5) is 0. The van der Waals surface area contributed by atoms with Crippen LogP contribution in [0.1, 0.15) is 43.4 Å². The van der Waals surface area contributed by atoms with Crippen LogP contribution in [0.3, 0.4) is 0 Å². The van der Waals surface area contributed by atoms with E-state index >= 15 is 0 Å². The van der Waals surface area contributed by atoms with Gasteiger partial charge in [-0.2, -0.15) is 0 Å². The summed E-state index contributed by atoms with van der Waals surface area (Å²) >= 11 is 2.46. The van der Waals surface area contributed by atoms with E-state index in [1.54, 1.807) is 7.11 Å². The third-order valence-corrected chi connectivity index (χ3v) is 4.55. The normalized spacial score (nSPS) is 12.7. The Balaban J connectivity index is 2.76. The first-order chi connectivity index (χ1) is 8.70. The molecule has 18 heavy (non-hydrogen) atoms. The van der Waals surface area contributed by atoms with Crippen LogP contribution in [-0.2, 0) is 4.74 Å². The molecule has 0 aliphatic heterocycles. The Hall–Kier alpha value is -0.130. The molecule has 0 saturated heterocycles. The van der Waals surface area contributed by atoms with Crippen molar-refractivity contribution in [2.45, 2.75) is 39.2 Å². The van der Waals surface area contributed by atoms with Crippen LogP contribution in [0, 0.1) is 10.5 Å². The summed E-state index contributed by atoms with van der Waals surface area (Å²) in [6, 6.07) is 7.03. The second kappa shape index (κ2) is 8.88. The molecule has 0 radical (unpaired) electrons. The Bertz CT molecular complexity index is 354. The van der Waals surface area contributed by atoms with E-state index in [1.165, 1.54) is 21.1 Å². The standard InChI is InChI=1S/C15H24INO/c1-4-10-17-14(9-6-11-18-3)13-8-5-7-12(2)15(13)16/h5,7-8,14,17H,4,6,9-11H2,1-3H3. The van der Waals surface area contributed by atoms with E-state index in [0.717, 1.165) is 26.0 Å². The highest BCUT2D eigenvalue weighted by atomic mass is 127. The molecule has 0 aliphatic carbocycles. The number of methoxy groups -OCH3 is 1. The number of ether oxygens (including phenoxy) is 1. The highest BCUT2D eigenvalue weighted by Crippen LogP contribution is 2.26. The quantitative estimate of drug-likeness (QED) is 0.557. The van der Waals surface area contributed by atoms with Gasteiger partial charge in [0, 0.05) is 23.3 Å². The summed E-state index contributed by atoms with van der Waals surface area (Å²) in [7, 11) is 1.77. The van der Waals surface area contributed by atoms with Crippen molar-refractivity contribution in [2.24, 2.45) is 0 Å². The first kappa shape index (κ1) is 15.9. The number of nitrogens with one attached hydrogen (secondary N) is 1. The lowest BCUT2D eigenvalue weighted by Gasteiger charge is -2.21. The summed E-state index contributed by atoms with van der Waals surface area (Å²) in [5, 5.41) is 3.65. The number of rotatable bonds is 8. The minimum Gasteiger partial charge on any atom is -0.385 e. The molecule has 1 rings (SSSR count). The largest absolute Gasteiger partial charge is 0.385 e. The molecule has 0 aromatic heterocycles. The summed E-state index contributed by atoms with van der Waals surface area (Å²) in [6.45, 7) is 6.30. The van der Waals surface area contributed by atoms with E-state index in [1.807, 2.05) is 0 Å². The van der Waals surface area contributed by atoms with Crippen LogP contribution in [-0.4, -0.2) is 20.3 Å². The molecule has 1 atom stereocenters. The molecular formula is C15H24INO. The van der Waals surface area contributed by atoms with Gasteiger partial charge in [0.15, 0.2) is 0 Å². The maximum Gasteiger partial charge on any atom is 0.0462 e. The van der Waals surface area contributed by atoms with E-state index in [9.17, 15) is 0 Å². The van der Waals surface area contributed by atoms with Crippen LogP contribution < -0.4 is 5.32 Å². The van der Waals surface area contributed by atoms with Crippen LogP contribution >= 0.6 is 22.6 Å². The van der Waals surface area contributed by atoms with Gasteiger partial charge >= 0.3 is 0 Å². The molecule has 1 aromatic carbocycles. The van der Waals surface area contributed by atoms with Crippen molar-refractivity contribution in [3.63, 3.8) is 0 Å². The van der Waals surface area contributed by atoms with Crippen LogP contribution in [0.15, 0.2) is 18.2 Å². The summed E-state index contributed by atoms with van der Waals surface area (Å²) < 4.78 is 6.55. The third-order valence-electron chi connectivity index (χ3n) is 3.08. The lowest BCUT2D eigenvalue weighted by atomic mass is 10.00. The summed E-state index contributed by atoms with van der Waals surface area (Å²) in [5.41, 5.74) is 2.79. The van der Waals surface area contributed by atoms with Crippen molar-refractivity contribution in [1.82, 2.24) is 5.32 Å². The molecule has 3 heteroatoms. The zero-order valence-electron chi connectivity index (χ0n) is 11.6. The Morgan fingerprint density at radius 3 is 2.83 bits per heavy atom. The van der Waals surface area contributed by atoms with Crippen molar-refractivity contribution in [1.29, 1.82) is 0 Å². The average molecular weight is 361 g/mol. The van der Waals surface area contributed by atoms with Gasteiger partial charge in [0.05, 0.1) is 0 Å². The molecule has 102 valence electrons. The number of halogens is 1. The van der Waals surface area contributed by atoms with Crippen LogP contribution in [0.2, 0.25) is 0 Å². The Morgan fingerprint density at radius 2 is 2.17 bits per heavy atom. The van der Waals surface area contributed by atoms with Gasteiger partial charge in [0.25, 0.3) is 0 Å². The second-order valence-electron chi connectivity index (χ2n) is 4.62. The summed E-state index contributed by atoms with van der Waals surface area (Å²) in [6.07, 6.45) is 3.40. The van der Waals surface area contributed by atoms with E-state index in [4.69, 9.17) is 4.74 Å². The number of hydrogen-bond acceptors (Lipinski definition) is 2. The zero-order chi connectivity index (χ0) is 13.4. The Morgan fingerprint density at radius 1 is 1.39 bits per heavy atom. The topological polar surface area (TPSA) is 21.3 Å². The lowest BCUT2D eigenvalue weighted by Crippen LogP contribution is -2.23. The number of hydrogen-bond donors (Lipinski definition) is 1. The molecule has 0 heterocycles. The fraction of sp³-hybridized carbons (Fsp3) is 0.600. The molecule has 0 bridgehead atoms. The fourth-order valence-corrected chi connectivity index (χ4v) is 2.79. The highest BCUT2D eigenvalue weighted by molar-refractivity contribution is 14.1. The molecule has 1 unspecified atom stereocenters. The highest BCUT2D eigenvalue weighted by Gasteiger charge is 2.14. The predicted molar refractivity (Wildman–Crippen MR) is 86.0 cm³/mol. The Labute approximate surface area is 125 Å². The first-order valence-corrected chi connectivity index (χ1v) is 7.75. The third kappa shape index (κ3) is 4.86. The van der Waals surface area contributed by atoms with Crippen molar-refractivity contribution in [2.75, 3.05) is 20.3 Å². The van der Waals surface area contributed by atoms with Gasteiger partial charge in [-0.1, -0.05) is 25.1 Å². The van der Waals surface area contributed by atoms with E-state index < -0.39 is 0 Å². The van der Waals surface area contributed by atoms with Gasteiger partial charge < -0.3 is 10.1 Å². The molecular weight excluding hydrogens is 337 g/mol. The molecule has 1 aromatic rings. The van der Waals surface area contributed by atoms with Gasteiger partial charge in [-0.25, -0.2) is 0 Å². The number of aryl methyl sites for hydroxylation is 1. The van der Waals surface area contributed by atoms with Gasteiger partial charge in [-0.05, 0) is 66.4 Å².